The second-order valence-electron chi connectivity index (χ2n) is 10.9. The van der Waals surface area contributed by atoms with Crippen molar-refractivity contribution in [2.75, 3.05) is 19.5 Å². The van der Waals surface area contributed by atoms with Crippen LogP contribution in [0.3, 0.4) is 0 Å². The number of esters is 1. The number of pyridine rings is 1. The maximum Gasteiger partial charge on any atom is 0.302 e. The molecule has 216 valence electrons. The van der Waals surface area contributed by atoms with E-state index < -0.39 is 0 Å². The molecule has 1 aliphatic carbocycles. The lowest BCUT2D eigenvalue weighted by atomic mass is 9.74. The van der Waals surface area contributed by atoms with Gasteiger partial charge in [-0.15, -0.1) is 0 Å². The first-order valence-electron chi connectivity index (χ1n) is 14.1. The van der Waals surface area contributed by atoms with E-state index in [1.54, 1.807) is 14.2 Å². The predicted molar refractivity (Wildman–Crippen MR) is 160 cm³/mol. The standard InChI is InChI=1S/C33H34N4O5/c1-18-19(2)37-13-12-23(14-31(37)34-18)35-33(39)22-8-6-21(7-9-22)32-27-17-30(41-5)29(40-4)16-25(27)26-15-24(42-20(3)38)10-11-28(26)36-32/h6-9,12-14,16-17,24,26,28H,10-11,15H2,1-5H3,(H,35,39). The van der Waals surface area contributed by atoms with Gasteiger partial charge in [0.15, 0.2) is 11.5 Å². The number of aliphatic imine (C=N–C) groups is 1. The van der Waals surface area contributed by atoms with Gasteiger partial charge in [0.05, 0.1) is 31.7 Å². The number of aromatic nitrogens is 2. The number of hydrogen-bond acceptors (Lipinski definition) is 7. The number of ether oxygens (including phenoxy) is 3. The summed E-state index contributed by atoms with van der Waals surface area (Å²) in [4.78, 5) is 34.6. The molecule has 1 aliphatic heterocycles. The van der Waals surface area contributed by atoms with Crippen molar-refractivity contribution < 1.29 is 23.8 Å². The number of benzene rings is 2. The Bertz CT molecular complexity index is 1720. The molecule has 0 radical (unpaired) electrons. The third-order valence-corrected chi connectivity index (χ3v) is 8.38. The number of fused-ring (bicyclic) bond motifs is 4. The minimum Gasteiger partial charge on any atom is -0.493 e. The smallest absolute Gasteiger partial charge is 0.302 e. The highest BCUT2D eigenvalue weighted by Gasteiger charge is 2.38. The molecule has 1 N–H and O–H groups in total. The van der Waals surface area contributed by atoms with Crippen LogP contribution in [0, 0.1) is 13.8 Å². The second-order valence-corrected chi connectivity index (χ2v) is 10.9. The van der Waals surface area contributed by atoms with Crippen LogP contribution in [-0.2, 0) is 9.53 Å². The Kier molecular flexibility index (Phi) is 7.18. The number of methoxy groups -OCH3 is 2. The molecule has 0 bridgehead atoms. The van der Waals surface area contributed by atoms with Crippen molar-refractivity contribution in [2.24, 2.45) is 4.99 Å². The molecule has 2 aromatic carbocycles. The van der Waals surface area contributed by atoms with Crippen molar-refractivity contribution in [3.8, 4) is 11.5 Å². The molecular formula is C33H34N4O5. The van der Waals surface area contributed by atoms with Crippen LogP contribution in [-0.4, -0.2) is 53.3 Å². The third-order valence-electron chi connectivity index (χ3n) is 8.38. The van der Waals surface area contributed by atoms with Crippen LogP contribution in [0.25, 0.3) is 5.65 Å². The lowest BCUT2D eigenvalue weighted by Crippen LogP contribution is -2.36. The summed E-state index contributed by atoms with van der Waals surface area (Å²) in [5, 5.41) is 2.99. The maximum atomic E-state index is 13.1. The number of carbonyl (C=O) groups excluding carboxylic acids is 2. The number of amides is 1. The molecule has 3 unspecified atom stereocenters. The summed E-state index contributed by atoms with van der Waals surface area (Å²) < 4.78 is 18.9. The van der Waals surface area contributed by atoms with Gasteiger partial charge in [-0.2, -0.15) is 0 Å². The Morgan fingerprint density at radius 2 is 1.71 bits per heavy atom. The number of nitrogens with one attached hydrogen (secondary N) is 1. The van der Waals surface area contributed by atoms with Gasteiger partial charge in [-0.1, -0.05) is 12.1 Å². The Hall–Kier alpha value is -4.66. The molecule has 2 aromatic heterocycles. The highest BCUT2D eigenvalue weighted by atomic mass is 16.5. The molecule has 3 heterocycles. The Labute approximate surface area is 244 Å². The fraction of sp³-hybridized carbons (Fsp3) is 0.333. The zero-order chi connectivity index (χ0) is 29.5. The fourth-order valence-electron chi connectivity index (χ4n) is 6.16. The third kappa shape index (κ3) is 5.00. The topological polar surface area (TPSA) is 104 Å². The number of nitrogens with zero attached hydrogens (tertiary/aromatic N) is 3. The summed E-state index contributed by atoms with van der Waals surface area (Å²) in [7, 11) is 3.24. The fourth-order valence-corrected chi connectivity index (χ4v) is 6.16. The van der Waals surface area contributed by atoms with Crippen LogP contribution in [0.5, 0.6) is 11.5 Å². The van der Waals surface area contributed by atoms with Gasteiger partial charge in [0.25, 0.3) is 5.91 Å². The van der Waals surface area contributed by atoms with Crippen molar-refractivity contribution in [3.63, 3.8) is 0 Å². The number of imidazole rings is 1. The number of anilines is 1. The van der Waals surface area contributed by atoms with E-state index >= 15 is 0 Å². The van der Waals surface area contributed by atoms with Crippen LogP contribution in [0.15, 0.2) is 59.7 Å². The van der Waals surface area contributed by atoms with Gasteiger partial charge in [-0.25, -0.2) is 4.98 Å². The van der Waals surface area contributed by atoms with E-state index in [1.807, 2.05) is 73.0 Å². The van der Waals surface area contributed by atoms with E-state index in [2.05, 4.69) is 10.3 Å². The highest BCUT2D eigenvalue weighted by Crippen LogP contribution is 2.45. The second kappa shape index (κ2) is 11.0. The minimum absolute atomic E-state index is 0.0465. The zero-order valence-electron chi connectivity index (χ0n) is 24.4. The first-order valence-corrected chi connectivity index (χ1v) is 14.1. The van der Waals surface area contributed by atoms with Gasteiger partial charge < -0.3 is 23.9 Å². The molecule has 0 spiro atoms. The van der Waals surface area contributed by atoms with E-state index in [-0.39, 0.29) is 29.9 Å². The first kappa shape index (κ1) is 27.5. The monoisotopic (exact) mass is 566 g/mol. The van der Waals surface area contributed by atoms with Gasteiger partial charge in [0, 0.05) is 53.2 Å². The van der Waals surface area contributed by atoms with Crippen LogP contribution in [0.1, 0.15) is 70.5 Å². The van der Waals surface area contributed by atoms with Gasteiger partial charge in [-0.3, -0.25) is 14.6 Å². The summed E-state index contributed by atoms with van der Waals surface area (Å²) in [6.07, 6.45) is 4.05. The summed E-state index contributed by atoms with van der Waals surface area (Å²) in [5.74, 6) is 0.892. The average molecular weight is 567 g/mol. The summed E-state index contributed by atoms with van der Waals surface area (Å²) in [6.45, 7) is 5.44. The number of hydrogen-bond donors (Lipinski definition) is 1. The van der Waals surface area contributed by atoms with E-state index in [9.17, 15) is 9.59 Å². The molecule has 1 fully saturated rings. The van der Waals surface area contributed by atoms with Crippen LogP contribution < -0.4 is 14.8 Å². The van der Waals surface area contributed by atoms with Gasteiger partial charge in [0.1, 0.15) is 11.8 Å². The summed E-state index contributed by atoms with van der Waals surface area (Å²) >= 11 is 0. The molecular weight excluding hydrogens is 532 g/mol. The number of rotatable bonds is 6. The molecule has 9 heteroatoms. The molecule has 6 rings (SSSR count). The van der Waals surface area contributed by atoms with Crippen molar-refractivity contribution in [1.82, 2.24) is 9.38 Å². The molecule has 42 heavy (non-hydrogen) atoms. The summed E-state index contributed by atoms with van der Waals surface area (Å²) in [5.41, 5.74) is 7.85. The lowest BCUT2D eigenvalue weighted by molar-refractivity contribution is -0.148. The van der Waals surface area contributed by atoms with E-state index in [4.69, 9.17) is 19.2 Å². The predicted octanol–water partition coefficient (Wildman–Crippen LogP) is 5.64. The van der Waals surface area contributed by atoms with Crippen LogP contribution >= 0.6 is 0 Å². The van der Waals surface area contributed by atoms with E-state index in [1.165, 1.54) is 6.92 Å². The number of carbonyl (C=O) groups is 2. The van der Waals surface area contributed by atoms with E-state index in [0.29, 0.717) is 29.2 Å². The van der Waals surface area contributed by atoms with Crippen LogP contribution in [0.2, 0.25) is 0 Å². The Morgan fingerprint density at radius 3 is 2.43 bits per heavy atom. The van der Waals surface area contributed by atoms with Crippen LogP contribution in [0.4, 0.5) is 5.69 Å². The molecule has 0 saturated heterocycles. The van der Waals surface area contributed by atoms with Gasteiger partial charge in [0.2, 0.25) is 0 Å². The molecule has 3 atom stereocenters. The highest BCUT2D eigenvalue weighted by molar-refractivity contribution is 6.15. The quantitative estimate of drug-likeness (QED) is 0.303. The molecule has 1 saturated carbocycles. The minimum atomic E-state index is -0.262. The largest absolute Gasteiger partial charge is 0.493 e. The normalized spacial score (nSPS) is 19.4. The van der Waals surface area contributed by atoms with Crippen molar-refractivity contribution in [1.29, 1.82) is 0 Å². The Balaban J connectivity index is 1.29. The van der Waals surface area contributed by atoms with Crippen molar-refractivity contribution in [2.45, 2.75) is 58.1 Å². The van der Waals surface area contributed by atoms with Gasteiger partial charge in [-0.05, 0) is 69.0 Å². The van der Waals surface area contributed by atoms with E-state index in [0.717, 1.165) is 52.3 Å². The summed E-state index contributed by atoms with van der Waals surface area (Å²) in [6, 6.07) is 15.3. The Morgan fingerprint density at radius 1 is 0.976 bits per heavy atom. The van der Waals surface area contributed by atoms with Crippen molar-refractivity contribution in [3.05, 3.63) is 88.4 Å². The average Bonchev–Trinajstić information content (AvgIpc) is 3.27. The number of aryl methyl sites for hydroxylation is 2. The zero-order valence-corrected chi connectivity index (χ0v) is 24.4. The molecule has 1 amide bonds. The molecule has 2 aliphatic rings. The lowest BCUT2D eigenvalue weighted by Gasteiger charge is -2.38. The van der Waals surface area contributed by atoms with Crippen molar-refractivity contribution >= 4 is 28.9 Å². The SMILES string of the molecule is COc1cc2c(cc1OC)C1CC(OC(C)=O)CCC1N=C2c1ccc(C(=O)Nc2ccn3c(C)c(C)nc3c2)cc1. The maximum absolute atomic E-state index is 13.1. The van der Waals surface area contributed by atoms with Gasteiger partial charge >= 0.3 is 5.97 Å². The molecule has 9 nitrogen and oxygen atoms in total. The molecule has 4 aromatic rings. The first-order chi connectivity index (χ1) is 20.2.